The molecule has 0 bridgehead atoms. The second-order valence-corrected chi connectivity index (χ2v) is 5.47. The number of benzene rings is 1. The number of nitrogens with zero attached hydrogens (tertiary/aromatic N) is 3. The average Bonchev–Trinajstić information content (AvgIpc) is 2.56. The standard InChI is InChI=1S/C17H21N3O4/c1-5-14-16(12-8-7-9-13(10-12)20(22)23)15(17(21)24-6-2)11(3)19(4)18-14/h7-10,16H,5-6H2,1-4H3. The van der Waals surface area contributed by atoms with Gasteiger partial charge in [0.25, 0.3) is 5.69 Å². The van der Waals surface area contributed by atoms with Crippen LogP contribution in [0.2, 0.25) is 0 Å². The first-order valence-corrected chi connectivity index (χ1v) is 7.84. The number of hydrazone groups is 1. The van der Waals surface area contributed by atoms with Gasteiger partial charge in [-0.3, -0.25) is 15.1 Å². The van der Waals surface area contributed by atoms with Crippen LogP contribution in [0, 0.1) is 10.1 Å². The number of non-ortho nitro benzene ring substituents is 1. The van der Waals surface area contributed by atoms with Gasteiger partial charge < -0.3 is 4.74 Å². The summed E-state index contributed by atoms with van der Waals surface area (Å²) < 4.78 is 5.21. The highest BCUT2D eigenvalue weighted by Gasteiger charge is 2.34. The van der Waals surface area contributed by atoms with Crippen molar-refractivity contribution in [2.45, 2.75) is 33.1 Å². The first kappa shape index (κ1) is 17.7. The summed E-state index contributed by atoms with van der Waals surface area (Å²) in [4.78, 5) is 23.2. The van der Waals surface area contributed by atoms with Crippen LogP contribution < -0.4 is 0 Å². The lowest BCUT2D eigenvalue weighted by atomic mass is 9.83. The number of nitro groups is 1. The molecule has 0 saturated carbocycles. The van der Waals surface area contributed by atoms with E-state index < -0.39 is 16.8 Å². The lowest BCUT2D eigenvalue weighted by molar-refractivity contribution is -0.384. The van der Waals surface area contributed by atoms with Gasteiger partial charge >= 0.3 is 5.97 Å². The van der Waals surface area contributed by atoms with Gasteiger partial charge in [0.15, 0.2) is 0 Å². The van der Waals surface area contributed by atoms with E-state index in [0.29, 0.717) is 23.3 Å². The number of hydrogen-bond acceptors (Lipinski definition) is 6. The number of hydrogen-bond donors (Lipinski definition) is 0. The molecule has 0 aromatic heterocycles. The highest BCUT2D eigenvalue weighted by Crippen LogP contribution is 2.36. The normalized spacial score (nSPS) is 17.6. The minimum atomic E-state index is -0.443. The SMILES string of the molecule is CCOC(=O)C1=C(C)N(C)N=C(CC)C1c1cccc([N+](=O)[O-])c1. The van der Waals surface area contributed by atoms with Gasteiger partial charge in [-0.15, -0.1) is 0 Å². The molecule has 128 valence electrons. The van der Waals surface area contributed by atoms with Gasteiger partial charge in [-0.25, -0.2) is 4.79 Å². The van der Waals surface area contributed by atoms with Crippen molar-refractivity contribution in [1.29, 1.82) is 0 Å². The average molecular weight is 331 g/mol. The summed E-state index contributed by atoms with van der Waals surface area (Å²) in [5.74, 6) is -0.857. The lowest BCUT2D eigenvalue weighted by Gasteiger charge is -2.31. The van der Waals surface area contributed by atoms with E-state index in [4.69, 9.17) is 4.74 Å². The molecular formula is C17H21N3O4. The van der Waals surface area contributed by atoms with Gasteiger partial charge in [0.2, 0.25) is 0 Å². The molecule has 1 unspecified atom stereocenters. The molecule has 24 heavy (non-hydrogen) atoms. The minimum absolute atomic E-state index is 0.0113. The predicted molar refractivity (Wildman–Crippen MR) is 90.7 cm³/mol. The van der Waals surface area contributed by atoms with Gasteiger partial charge in [-0.2, -0.15) is 5.10 Å². The van der Waals surface area contributed by atoms with E-state index in [1.165, 1.54) is 12.1 Å². The molecule has 1 aromatic rings. The van der Waals surface area contributed by atoms with Crippen LogP contribution in [-0.4, -0.2) is 35.3 Å². The van der Waals surface area contributed by atoms with Crippen LogP contribution >= 0.6 is 0 Å². The molecule has 0 spiro atoms. The van der Waals surface area contributed by atoms with Crippen molar-refractivity contribution >= 4 is 17.4 Å². The van der Waals surface area contributed by atoms with Crippen LogP contribution in [0.25, 0.3) is 0 Å². The second-order valence-electron chi connectivity index (χ2n) is 5.47. The van der Waals surface area contributed by atoms with E-state index in [9.17, 15) is 14.9 Å². The molecule has 1 aliphatic heterocycles. The summed E-state index contributed by atoms with van der Waals surface area (Å²) in [5.41, 5.74) is 2.59. The Bertz CT molecular complexity index is 724. The smallest absolute Gasteiger partial charge is 0.336 e. The highest BCUT2D eigenvalue weighted by molar-refractivity contribution is 6.04. The first-order chi connectivity index (χ1) is 11.4. The molecule has 1 atom stereocenters. The molecule has 0 aliphatic carbocycles. The van der Waals surface area contributed by atoms with Crippen molar-refractivity contribution in [3.63, 3.8) is 0 Å². The van der Waals surface area contributed by atoms with Crippen LogP contribution in [0.1, 0.15) is 38.7 Å². The maximum absolute atomic E-state index is 12.5. The van der Waals surface area contributed by atoms with Crippen LogP contribution in [-0.2, 0) is 9.53 Å². The Hall–Kier alpha value is -2.70. The van der Waals surface area contributed by atoms with Crippen molar-refractivity contribution < 1.29 is 14.5 Å². The fourth-order valence-electron chi connectivity index (χ4n) is 2.80. The van der Waals surface area contributed by atoms with Crippen molar-refractivity contribution in [1.82, 2.24) is 5.01 Å². The summed E-state index contributed by atoms with van der Waals surface area (Å²) in [6, 6.07) is 6.33. The van der Waals surface area contributed by atoms with Crippen molar-refractivity contribution in [2.75, 3.05) is 13.7 Å². The fourth-order valence-corrected chi connectivity index (χ4v) is 2.80. The van der Waals surface area contributed by atoms with E-state index in [-0.39, 0.29) is 12.3 Å². The molecule has 1 heterocycles. The second kappa shape index (κ2) is 7.25. The van der Waals surface area contributed by atoms with E-state index >= 15 is 0 Å². The molecular weight excluding hydrogens is 310 g/mol. The Balaban J connectivity index is 2.60. The quantitative estimate of drug-likeness (QED) is 0.470. The molecule has 7 nitrogen and oxygen atoms in total. The van der Waals surface area contributed by atoms with E-state index in [1.54, 1.807) is 38.0 Å². The third-order valence-corrected chi connectivity index (χ3v) is 4.05. The minimum Gasteiger partial charge on any atom is -0.463 e. The number of allylic oxidation sites excluding steroid dienone is 1. The third kappa shape index (κ3) is 3.29. The van der Waals surface area contributed by atoms with Gasteiger partial charge in [-0.1, -0.05) is 19.1 Å². The molecule has 0 saturated heterocycles. The fraction of sp³-hybridized carbons (Fsp3) is 0.412. The Labute approximate surface area is 140 Å². The summed E-state index contributed by atoms with van der Waals surface area (Å²) in [5, 5.41) is 17.3. The molecule has 0 fully saturated rings. The predicted octanol–water partition coefficient (Wildman–Crippen LogP) is 3.23. The molecule has 2 rings (SSSR count). The maximum Gasteiger partial charge on any atom is 0.336 e. The summed E-state index contributed by atoms with van der Waals surface area (Å²) in [6.07, 6.45) is 0.619. The zero-order valence-electron chi connectivity index (χ0n) is 14.3. The van der Waals surface area contributed by atoms with E-state index in [1.807, 2.05) is 6.92 Å². The van der Waals surface area contributed by atoms with Crippen molar-refractivity contribution in [3.8, 4) is 0 Å². The Morgan fingerprint density at radius 1 is 1.42 bits per heavy atom. The number of nitro benzene ring substituents is 1. The van der Waals surface area contributed by atoms with Gasteiger partial charge in [0.05, 0.1) is 28.7 Å². The van der Waals surface area contributed by atoms with Crippen molar-refractivity contribution in [2.24, 2.45) is 5.10 Å². The molecule has 1 aliphatic rings. The maximum atomic E-state index is 12.5. The van der Waals surface area contributed by atoms with Gasteiger partial charge in [0.1, 0.15) is 0 Å². The molecule has 0 amide bonds. The first-order valence-electron chi connectivity index (χ1n) is 7.84. The molecule has 0 N–H and O–H groups in total. The summed E-state index contributed by atoms with van der Waals surface area (Å²) in [6.45, 7) is 5.75. The van der Waals surface area contributed by atoms with Crippen LogP contribution in [0.4, 0.5) is 5.69 Å². The van der Waals surface area contributed by atoms with Crippen LogP contribution in [0.5, 0.6) is 0 Å². The number of carbonyl (C=O) groups is 1. The Morgan fingerprint density at radius 3 is 2.71 bits per heavy atom. The Kier molecular flexibility index (Phi) is 5.33. The summed E-state index contributed by atoms with van der Waals surface area (Å²) in [7, 11) is 1.77. The van der Waals surface area contributed by atoms with E-state index in [0.717, 1.165) is 5.71 Å². The van der Waals surface area contributed by atoms with Crippen LogP contribution in [0.15, 0.2) is 40.6 Å². The van der Waals surface area contributed by atoms with Crippen LogP contribution in [0.3, 0.4) is 0 Å². The molecule has 7 heteroatoms. The van der Waals surface area contributed by atoms with Gasteiger partial charge in [-0.05, 0) is 25.8 Å². The number of rotatable bonds is 5. The zero-order valence-corrected chi connectivity index (χ0v) is 14.3. The lowest BCUT2D eigenvalue weighted by Crippen LogP contribution is -2.31. The topological polar surface area (TPSA) is 85.0 Å². The van der Waals surface area contributed by atoms with Gasteiger partial charge in [0, 0.05) is 24.9 Å². The van der Waals surface area contributed by atoms with E-state index in [2.05, 4.69) is 5.10 Å². The number of esters is 1. The third-order valence-electron chi connectivity index (χ3n) is 4.05. The largest absolute Gasteiger partial charge is 0.463 e. The zero-order chi connectivity index (χ0) is 17.9. The number of carbonyl (C=O) groups excluding carboxylic acids is 1. The highest BCUT2D eigenvalue weighted by atomic mass is 16.6. The molecule has 1 aromatic carbocycles. The van der Waals surface area contributed by atoms with Crippen molar-refractivity contribution in [3.05, 3.63) is 51.2 Å². The monoisotopic (exact) mass is 331 g/mol. The summed E-state index contributed by atoms with van der Waals surface area (Å²) >= 11 is 0. The molecule has 0 radical (unpaired) electrons. The Morgan fingerprint density at radius 2 is 2.12 bits per heavy atom. The number of ether oxygens (including phenoxy) is 1.